The number of aromatic nitrogens is 1. The van der Waals surface area contributed by atoms with Crippen LogP contribution in [-0.4, -0.2) is 29.3 Å². The molecule has 0 aromatic carbocycles. The van der Waals surface area contributed by atoms with Gasteiger partial charge in [-0.05, 0) is 26.2 Å². The molecule has 1 atom stereocenters. The van der Waals surface area contributed by atoms with Crippen LogP contribution in [0.2, 0.25) is 0 Å². The van der Waals surface area contributed by atoms with E-state index in [0.717, 1.165) is 23.4 Å². The van der Waals surface area contributed by atoms with Crippen molar-refractivity contribution in [1.29, 1.82) is 0 Å². The average molecular weight is 317 g/mol. The van der Waals surface area contributed by atoms with Gasteiger partial charge in [-0.1, -0.05) is 0 Å². The maximum Gasteiger partial charge on any atom is 0.309 e. The Hall–Kier alpha value is -1.14. The summed E-state index contributed by atoms with van der Waals surface area (Å²) in [6.45, 7) is 2.22. The van der Waals surface area contributed by atoms with Crippen molar-refractivity contribution in [3.8, 4) is 0 Å². The minimum atomic E-state index is -0.140. The Morgan fingerprint density at radius 3 is 3.05 bits per heavy atom. The number of hydrogen-bond donors (Lipinski definition) is 1. The highest BCUT2D eigenvalue weighted by atomic mass is 35.5. The molecule has 0 bridgehead atoms. The minimum Gasteiger partial charge on any atom is -0.466 e. The summed E-state index contributed by atoms with van der Waals surface area (Å²) in [6.07, 6.45) is 2.43. The summed E-state index contributed by atoms with van der Waals surface area (Å²) in [5, 5.41) is 3.33. The van der Waals surface area contributed by atoms with E-state index in [4.69, 9.17) is 16.3 Å². The second-order valence-corrected chi connectivity index (χ2v) is 6.03. The highest BCUT2D eigenvalue weighted by Gasteiger charge is 2.28. The van der Waals surface area contributed by atoms with Gasteiger partial charge < -0.3 is 10.1 Å². The molecule has 1 aromatic heterocycles. The fourth-order valence-corrected chi connectivity index (χ4v) is 3.43. The average Bonchev–Trinajstić information content (AvgIpc) is 2.80. The van der Waals surface area contributed by atoms with Gasteiger partial charge in [0.15, 0.2) is 5.13 Å². The van der Waals surface area contributed by atoms with E-state index in [2.05, 4.69) is 10.3 Å². The first kappa shape index (κ1) is 15.3. The van der Waals surface area contributed by atoms with Crippen molar-refractivity contribution < 1.29 is 14.3 Å². The van der Waals surface area contributed by atoms with Gasteiger partial charge in [0.25, 0.3) is 0 Å². The Kier molecular flexibility index (Phi) is 5.37. The molecular formula is C13H17ClN2O3S. The van der Waals surface area contributed by atoms with E-state index in [1.165, 1.54) is 11.3 Å². The van der Waals surface area contributed by atoms with Crippen LogP contribution in [0.1, 0.15) is 30.3 Å². The zero-order valence-corrected chi connectivity index (χ0v) is 12.9. The van der Waals surface area contributed by atoms with Gasteiger partial charge in [0.1, 0.15) is 0 Å². The van der Waals surface area contributed by atoms with E-state index >= 15 is 0 Å². The van der Waals surface area contributed by atoms with E-state index in [-0.39, 0.29) is 24.2 Å². The molecule has 1 aliphatic rings. The van der Waals surface area contributed by atoms with Crippen LogP contribution < -0.4 is 5.32 Å². The quantitative estimate of drug-likeness (QED) is 0.669. The number of carbonyl (C=O) groups is 2. The zero-order valence-electron chi connectivity index (χ0n) is 11.3. The molecule has 1 N–H and O–H groups in total. The number of halogens is 1. The molecule has 0 saturated carbocycles. The van der Waals surface area contributed by atoms with Crippen LogP contribution in [-0.2, 0) is 27.2 Å². The van der Waals surface area contributed by atoms with Crippen molar-refractivity contribution in [2.24, 2.45) is 5.92 Å². The largest absolute Gasteiger partial charge is 0.466 e. The number of nitrogens with one attached hydrogen (secondary N) is 1. The lowest BCUT2D eigenvalue weighted by molar-refractivity contribution is -0.148. The van der Waals surface area contributed by atoms with Crippen LogP contribution in [0, 0.1) is 5.92 Å². The third kappa shape index (κ3) is 3.70. The van der Waals surface area contributed by atoms with Gasteiger partial charge >= 0.3 is 5.97 Å². The highest BCUT2D eigenvalue weighted by molar-refractivity contribution is 7.15. The first-order valence-electron chi connectivity index (χ1n) is 6.65. The summed E-state index contributed by atoms with van der Waals surface area (Å²) < 4.78 is 5.06. The van der Waals surface area contributed by atoms with Crippen molar-refractivity contribution in [3.63, 3.8) is 0 Å². The monoisotopic (exact) mass is 316 g/mol. The Balaban J connectivity index is 2.00. The van der Waals surface area contributed by atoms with Gasteiger partial charge in [-0.15, -0.1) is 22.9 Å². The normalized spacial score (nSPS) is 17.4. The van der Waals surface area contributed by atoms with E-state index in [0.29, 0.717) is 24.0 Å². The molecule has 1 amide bonds. The molecule has 1 heterocycles. The van der Waals surface area contributed by atoms with Gasteiger partial charge in [-0.25, -0.2) is 4.98 Å². The Labute approximate surface area is 126 Å². The number of alkyl halides is 1. The Bertz CT molecular complexity index is 504. The number of nitrogens with zero attached hydrogens (tertiary/aromatic N) is 1. The van der Waals surface area contributed by atoms with E-state index < -0.39 is 0 Å². The second-order valence-electron chi connectivity index (χ2n) is 4.57. The molecule has 1 aliphatic carbocycles. The van der Waals surface area contributed by atoms with Crippen molar-refractivity contribution in [2.75, 3.05) is 17.8 Å². The lowest BCUT2D eigenvalue weighted by Gasteiger charge is -2.18. The third-order valence-electron chi connectivity index (χ3n) is 3.13. The summed E-state index contributed by atoms with van der Waals surface area (Å²) in [4.78, 5) is 28.7. The zero-order chi connectivity index (χ0) is 14.5. The molecule has 0 fully saturated rings. The number of rotatable bonds is 5. The van der Waals surface area contributed by atoms with Crippen LogP contribution in [0.4, 0.5) is 5.13 Å². The number of ether oxygens (including phenoxy) is 1. The lowest BCUT2D eigenvalue weighted by atomic mass is 9.91. The van der Waals surface area contributed by atoms with E-state index in [1.54, 1.807) is 0 Å². The molecule has 1 aromatic rings. The first-order valence-corrected chi connectivity index (χ1v) is 8.00. The summed E-state index contributed by atoms with van der Waals surface area (Å²) in [7, 11) is 0. The topological polar surface area (TPSA) is 68.3 Å². The third-order valence-corrected chi connectivity index (χ3v) is 4.35. The van der Waals surface area contributed by atoms with Crippen molar-refractivity contribution in [3.05, 3.63) is 10.6 Å². The molecule has 0 saturated heterocycles. The predicted octanol–water partition coefficient (Wildman–Crippen LogP) is 2.38. The first-order chi connectivity index (χ1) is 9.63. The molecule has 20 heavy (non-hydrogen) atoms. The number of amides is 1. The smallest absolute Gasteiger partial charge is 0.309 e. The van der Waals surface area contributed by atoms with Crippen molar-refractivity contribution >= 4 is 39.9 Å². The van der Waals surface area contributed by atoms with Gasteiger partial charge in [0.2, 0.25) is 5.91 Å². The SMILES string of the molecule is CCOC(=O)C1CCc2nc(NC(=O)CCCl)sc2C1. The number of carbonyl (C=O) groups excluding carboxylic acids is 2. The molecule has 5 nitrogen and oxygen atoms in total. The number of fused-ring (bicyclic) bond motifs is 1. The Morgan fingerprint density at radius 1 is 1.55 bits per heavy atom. The molecule has 0 aliphatic heterocycles. The molecular weight excluding hydrogens is 300 g/mol. The summed E-state index contributed by atoms with van der Waals surface area (Å²) in [6, 6.07) is 0. The predicted molar refractivity (Wildman–Crippen MR) is 78.2 cm³/mol. The molecule has 110 valence electrons. The molecule has 2 rings (SSSR count). The van der Waals surface area contributed by atoms with Crippen LogP contribution in [0.25, 0.3) is 0 Å². The summed E-state index contributed by atoms with van der Waals surface area (Å²) in [5.41, 5.74) is 0.983. The molecule has 7 heteroatoms. The van der Waals surface area contributed by atoms with Gasteiger partial charge in [-0.3, -0.25) is 9.59 Å². The lowest BCUT2D eigenvalue weighted by Crippen LogP contribution is -2.24. The van der Waals surface area contributed by atoms with Crippen molar-refractivity contribution in [2.45, 2.75) is 32.6 Å². The number of aryl methyl sites for hydroxylation is 1. The van der Waals surface area contributed by atoms with Gasteiger partial charge in [-0.2, -0.15) is 0 Å². The second kappa shape index (κ2) is 7.04. The van der Waals surface area contributed by atoms with E-state index in [9.17, 15) is 9.59 Å². The van der Waals surface area contributed by atoms with Crippen LogP contribution in [0.3, 0.4) is 0 Å². The minimum absolute atomic E-state index is 0.0886. The fraction of sp³-hybridized carbons (Fsp3) is 0.615. The number of thiazole rings is 1. The Morgan fingerprint density at radius 2 is 2.35 bits per heavy atom. The standard InChI is InChI=1S/C13H17ClN2O3S/c1-2-19-12(18)8-3-4-9-10(7-8)20-13(15-9)16-11(17)5-6-14/h8H,2-7H2,1H3,(H,15,16,17). The summed E-state index contributed by atoms with van der Waals surface area (Å²) in [5.74, 6) is -0.0661. The fourth-order valence-electron chi connectivity index (χ4n) is 2.16. The highest BCUT2D eigenvalue weighted by Crippen LogP contribution is 2.32. The van der Waals surface area contributed by atoms with Crippen LogP contribution in [0.5, 0.6) is 0 Å². The molecule has 0 spiro atoms. The van der Waals surface area contributed by atoms with Crippen LogP contribution in [0.15, 0.2) is 0 Å². The number of anilines is 1. The number of hydrogen-bond acceptors (Lipinski definition) is 5. The van der Waals surface area contributed by atoms with Crippen LogP contribution >= 0.6 is 22.9 Å². The molecule has 0 radical (unpaired) electrons. The van der Waals surface area contributed by atoms with Gasteiger partial charge in [0, 0.05) is 17.2 Å². The summed E-state index contributed by atoms with van der Waals surface area (Å²) >= 11 is 6.95. The molecule has 1 unspecified atom stereocenters. The van der Waals surface area contributed by atoms with E-state index in [1.807, 2.05) is 6.92 Å². The van der Waals surface area contributed by atoms with Crippen molar-refractivity contribution in [1.82, 2.24) is 4.98 Å². The van der Waals surface area contributed by atoms with Gasteiger partial charge in [0.05, 0.1) is 18.2 Å². The maximum absolute atomic E-state index is 11.8. The number of esters is 1. The maximum atomic E-state index is 11.8.